The lowest BCUT2D eigenvalue weighted by molar-refractivity contribution is -0.137. The van der Waals surface area contributed by atoms with E-state index < -0.39 is 17.6 Å². The van der Waals surface area contributed by atoms with Crippen molar-refractivity contribution in [2.75, 3.05) is 11.1 Å². The fourth-order valence-electron chi connectivity index (χ4n) is 1.56. The molecule has 0 bridgehead atoms. The van der Waals surface area contributed by atoms with Gasteiger partial charge in [-0.05, 0) is 12.1 Å². The SMILES string of the molecule is O=C(CCSc1nccs1)Nc1ccccc1C(F)(F)F. The van der Waals surface area contributed by atoms with E-state index in [0.717, 1.165) is 10.4 Å². The molecule has 0 unspecified atom stereocenters. The van der Waals surface area contributed by atoms with E-state index in [1.165, 1.54) is 41.3 Å². The molecule has 0 aliphatic rings. The molecule has 1 N–H and O–H groups in total. The first-order valence-corrected chi connectivity index (χ1v) is 7.81. The van der Waals surface area contributed by atoms with Crippen LogP contribution in [0.3, 0.4) is 0 Å². The number of para-hydroxylation sites is 1. The molecule has 0 aliphatic carbocycles. The van der Waals surface area contributed by atoms with Crippen molar-refractivity contribution in [2.45, 2.75) is 16.9 Å². The van der Waals surface area contributed by atoms with Crippen LogP contribution in [0.5, 0.6) is 0 Å². The van der Waals surface area contributed by atoms with Gasteiger partial charge in [-0.1, -0.05) is 23.9 Å². The maximum absolute atomic E-state index is 12.8. The van der Waals surface area contributed by atoms with Crippen LogP contribution in [-0.2, 0) is 11.0 Å². The third-order valence-corrected chi connectivity index (χ3v) is 4.44. The number of hydrogen-bond donors (Lipinski definition) is 1. The molecule has 1 aromatic carbocycles. The Morgan fingerprint density at radius 2 is 2.10 bits per heavy atom. The number of thioether (sulfide) groups is 1. The smallest absolute Gasteiger partial charge is 0.325 e. The Bertz CT molecular complexity index is 600. The van der Waals surface area contributed by atoms with E-state index in [1.54, 1.807) is 6.20 Å². The molecule has 112 valence electrons. The van der Waals surface area contributed by atoms with Crippen molar-refractivity contribution in [3.8, 4) is 0 Å². The Balaban J connectivity index is 1.91. The van der Waals surface area contributed by atoms with Crippen molar-refractivity contribution in [1.82, 2.24) is 4.98 Å². The van der Waals surface area contributed by atoms with E-state index in [1.807, 2.05) is 5.38 Å². The summed E-state index contributed by atoms with van der Waals surface area (Å²) in [5, 5.41) is 4.13. The van der Waals surface area contributed by atoms with Crippen LogP contribution in [0.15, 0.2) is 40.2 Å². The predicted octanol–water partition coefficient (Wildman–Crippen LogP) is 4.28. The quantitative estimate of drug-likeness (QED) is 0.831. The molecule has 2 rings (SSSR count). The van der Waals surface area contributed by atoms with Gasteiger partial charge >= 0.3 is 6.18 Å². The molecule has 0 atom stereocenters. The molecule has 1 heterocycles. The summed E-state index contributed by atoms with van der Waals surface area (Å²) in [5.41, 5.74) is -1.06. The Hall–Kier alpha value is -1.54. The standard InChI is InChI=1S/C13H11F3N2OS2/c14-13(15,16)9-3-1-2-4-10(9)18-11(19)5-7-20-12-17-6-8-21-12/h1-4,6,8H,5,7H2,(H,18,19). The maximum atomic E-state index is 12.8. The van der Waals surface area contributed by atoms with Gasteiger partial charge in [-0.15, -0.1) is 11.3 Å². The third-order valence-electron chi connectivity index (χ3n) is 2.47. The van der Waals surface area contributed by atoms with E-state index in [0.29, 0.717) is 5.75 Å². The van der Waals surface area contributed by atoms with Crippen molar-refractivity contribution in [3.05, 3.63) is 41.4 Å². The fourth-order valence-corrected chi connectivity index (χ4v) is 3.21. The van der Waals surface area contributed by atoms with Gasteiger partial charge in [0.05, 0.1) is 11.3 Å². The second-order valence-electron chi connectivity index (χ2n) is 3.99. The Labute approximate surface area is 127 Å². The highest BCUT2D eigenvalue weighted by atomic mass is 32.2. The van der Waals surface area contributed by atoms with Gasteiger partial charge in [-0.3, -0.25) is 4.79 Å². The molecule has 8 heteroatoms. The number of amides is 1. The molecule has 0 aliphatic heterocycles. The molecular formula is C13H11F3N2OS2. The molecule has 0 saturated heterocycles. The van der Waals surface area contributed by atoms with Crippen LogP contribution in [0.25, 0.3) is 0 Å². The second kappa shape index (κ2) is 6.95. The largest absolute Gasteiger partial charge is 0.418 e. The summed E-state index contributed by atoms with van der Waals surface area (Å²) in [5.74, 6) is 0.0174. The van der Waals surface area contributed by atoms with Crippen LogP contribution < -0.4 is 5.32 Å². The Kier molecular flexibility index (Phi) is 5.24. The number of alkyl halides is 3. The van der Waals surface area contributed by atoms with Crippen LogP contribution in [0.4, 0.5) is 18.9 Å². The van der Waals surface area contributed by atoms with Gasteiger partial charge in [-0.25, -0.2) is 4.98 Å². The van der Waals surface area contributed by atoms with Gasteiger partial charge in [0, 0.05) is 23.8 Å². The average Bonchev–Trinajstić information content (AvgIpc) is 2.91. The minimum atomic E-state index is -4.49. The number of thiazole rings is 1. The number of rotatable bonds is 5. The highest BCUT2D eigenvalue weighted by molar-refractivity contribution is 8.01. The molecule has 0 radical (unpaired) electrons. The number of aromatic nitrogens is 1. The summed E-state index contributed by atoms with van der Waals surface area (Å²) in [7, 11) is 0. The minimum absolute atomic E-state index is 0.121. The highest BCUT2D eigenvalue weighted by Crippen LogP contribution is 2.34. The summed E-state index contributed by atoms with van der Waals surface area (Å²) < 4.78 is 39.2. The van der Waals surface area contributed by atoms with E-state index in [9.17, 15) is 18.0 Å². The van der Waals surface area contributed by atoms with Gasteiger partial charge in [0.15, 0.2) is 0 Å². The van der Waals surface area contributed by atoms with Crippen molar-refractivity contribution >= 4 is 34.7 Å². The molecule has 2 aromatic rings. The van der Waals surface area contributed by atoms with Crippen LogP contribution in [0.1, 0.15) is 12.0 Å². The number of hydrogen-bond acceptors (Lipinski definition) is 4. The molecule has 1 amide bonds. The molecule has 0 saturated carbocycles. The van der Waals surface area contributed by atoms with Crippen molar-refractivity contribution in [3.63, 3.8) is 0 Å². The van der Waals surface area contributed by atoms with Gasteiger partial charge in [0.25, 0.3) is 0 Å². The Morgan fingerprint density at radius 1 is 1.33 bits per heavy atom. The molecule has 3 nitrogen and oxygen atoms in total. The summed E-state index contributed by atoms with van der Waals surface area (Å²) >= 11 is 2.86. The lowest BCUT2D eigenvalue weighted by Gasteiger charge is -2.13. The Morgan fingerprint density at radius 3 is 2.76 bits per heavy atom. The number of nitrogens with one attached hydrogen (secondary N) is 1. The van der Waals surface area contributed by atoms with Gasteiger partial charge in [-0.2, -0.15) is 13.2 Å². The first-order chi connectivity index (χ1) is 9.97. The van der Waals surface area contributed by atoms with Crippen LogP contribution >= 0.6 is 23.1 Å². The lowest BCUT2D eigenvalue weighted by atomic mass is 10.1. The topological polar surface area (TPSA) is 42.0 Å². The van der Waals surface area contributed by atoms with Crippen molar-refractivity contribution < 1.29 is 18.0 Å². The first-order valence-electron chi connectivity index (χ1n) is 5.95. The third kappa shape index (κ3) is 4.75. The lowest BCUT2D eigenvalue weighted by Crippen LogP contribution is -2.16. The van der Waals surface area contributed by atoms with Crippen molar-refractivity contribution in [1.29, 1.82) is 0 Å². The number of nitrogens with zero attached hydrogens (tertiary/aromatic N) is 1. The van der Waals surface area contributed by atoms with E-state index in [4.69, 9.17) is 0 Å². The minimum Gasteiger partial charge on any atom is -0.325 e. The number of halogens is 3. The predicted molar refractivity (Wildman–Crippen MR) is 77.5 cm³/mol. The fraction of sp³-hybridized carbons (Fsp3) is 0.231. The van der Waals surface area contributed by atoms with E-state index in [2.05, 4.69) is 10.3 Å². The van der Waals surface area contributed by atoms with Gasteiger partial charge < -0.3 is 5.32 Å². The monoisotopic (exact) mass is 332 g/mol. The van der Waals surface area contributed by atoms with Gasteiger partial charge in [0.2, 0.25) is 5.91 Å². The normalized spacial score (nSPS) is 11.4. The maximum Gasteiger partial charge on any atom is 0.418 e. The summed E-state index contributed by atoms with van der Waals surface area (Å²) in [6.07, 6.45) is -2.71. The molecule has 1 aromatic heterocycles. The molecular weight excluding hydrogens is 321 g/mol. The van der Waals surface area contributed by atoms with Gasteiger partial charge in [0.1, 0.15) is 4.34 Å². The van der Waals surface area contributed by atoms with Crippen LogP contribution in [-0.4, -0.2) is 16.6 Å². The van der Waals surface area contributed by atoms with E-state index in [-0.39, 0.29) is 12.1 Å². The average molecular weight is 332 g/mol. The molecule has 0 fully saturated rings. The number of benzene rings is 1. The molecule has 21 heavy (non-hydrogen) atoms. The zero-order valence-corrected chi connectivity index (χ0v) is 12.3. The number of carbonyl (C=O) groups is 1. The number of anilines is 1. The molecule has 0 spiro atoms. The zero-order chi connectivity index (χ0) is 15.3. The highest BCUT2D eigenvalue weighted by Gasteiger charge is 2.33. The summed E-state index contributed by atoms with van der Waals surface area (Å²) in [4.78, 5) is 15.8. The first kappa shape index (κ1) is 15.8. The summed E-state index contributed by atoms with van der Waals surface area (Å²) in [6, 6.07) is 4.93. The zero-order valence-electron chi connectivity index (χ0n) is 10.7. The van der Waals surface area contributed by atoms with E-state index >= 15 is 0 Å². The summed E-state index contributed by atoms with van der Waals surface area (Å²) in [6.45, 7) is 0. The second-order valence-corrected chi connectivity index (χ2v) is 6.22. The van der Waals surface area contributed by atoms with Crippen LogP contribution in [0, 0.1) is 0 Å². The number of carbonyl (C=O) groups excluding carboxylic acids is 1. The van der Waals surface area contributed by atoms with Crippen molar-refractivity contribution in [2.24, 2.45) is 0 Å². The van der Waals surface area contributed by atoms with Crippen LogP contribution in [0.2, 0.25) is 0 Å².